The van der Waals surface area contributed by atoms with Gasteiger partial charge < -0.3 is 9.47 Å². The lowest BCUT2D eigenvalue weighted by Gasteiger charge is -2.30. The van der Waals surface area contributed by atoms with Gasteiger partial charge in [-0.2, -0.15) is 0 Å². The zero-order chi connectivity index (χ0) is 7.73. The minimum Gasteiger partial charge on any atom is -0.346 e. The maximum Gasteiger partial charge on any atom is 0.187 e. The molecule has 0 unspecified atom stereocenters. The Labute approximate surface area is 67.2 Å². The highest BCUT2D eigenvalue weighted by molar-refractivity contribution is 5.03. The van der Waals surface area contributed by atoms with Crippen molar-refractivity contribution in [3.8, 4) is 0 Å². The minimum absolute atomic E-state index is 0.327. The number of rotatable bonds is 0. The molecule has 2 heterocycles. The molecular weight excluding hydrogens is 140 g/mol. The van der Waals surface area contributed by atoms with Crippen LogP contribution in [0.1, 0.15) is 19.8 Å². The molecule has 2 heteroatoms. The van der Waals surface area contributed by atoms with Crippen molar-refractivity contribution in [2.75, 3.05) is 13.2 Å². The maximum atomic E-state index is 5.63. The Kier molecular flexibility index (Phi) is 1.74. The van der Waals surface area contributed by atoms with Crippen LogP contribution in [0.4, 0.5) is 0 Å². The summed E-state index contributed by atoms with van der Waals surface area (Å²) in [7, 11) is 0. The molecule has 2 aliphatic heterocycles. The van der Waals surface area contributed by atoms with Crippen LogP contribution < -0.4 is 0 Å². The summed E-state index contributed by atoms with van der Waals surface area (Å²) in [6.45, 7) is 3.80. The van der Waals surface area contributed by atoms with Crippen molar-refractivity contribution in [3.63, 3.8) is 0 Å². The van der Waals surface area contributed by atoms with Gasteiger partial charge in [-0.25, -0.2) is 0 Å². The summed E-state index contributed by atoms with van der Waals surface area (Å²) >= 11 is 0. The van der Waals surface area contributed by atoms with E-state index in [1.165, 1.54) is 0 Å². The summed E-state index contributed by atoms with van der Waals surface area (Å²) in [5.41, 5.74) is 0. The van der Waals surface area contributed by atoms with Crippen molar-refractivity contribution in [2.45, 2.75) is 25.6 Å². The first-order valence-electron chi connectivity index (χ1n) is 4.28. The molecule has 62 valence electrons. The molecule has 2 atom stereocenters. The molecule has 1 fully saturated rings. The molecule has 0 saturated carbocycles. The zero-order valence-corrected chi connectivity index (χ0v) is 6.88. The fourth-order valence-corrected chi connectivity index (χ4v) is 1.57. The maximum absolute atomic E-state index is 5.63. The van der Waals surface area contributed by atoms with Crippen LogP contribution in [0.15, 0.2) is 12.2 Å². The van der Waals surface area contributed by atoms with E-state index in [0.717, 1.165) is 26.1 Å². The molecule has 2 rings (SSSR count). The van der Waals surface area contributed by atoms with Gasteiger partial charge in [-0.3, -0.25) is 0 Å². The van der Waals surface area contributed by atoms with Crippen LogP contribution >= 0.6 is 0 Å². The van der Waals surface area contributed by atoms with Crippen molar-refractivity contribution >= 4 is 0 Å². The highest BCUT2D eigenvalue weighted by Crippen LogP contribution is 2.32. The summed E-state index contributed by atoms with van der Waals surface area (Å²) < 4.78 is 11.2. The standard InChI is InChI=1S/C9H14O2/c1-8-3-5-9(11-7-8)4-2-6-10-9/h3,5,8H,2,4,6-7H2,1H3/t8-,9+/m0/s1. The average molecular weight is 154 g/mol. The lowest BCUT2D eigenvalue weighted by molar-refractivity contribution is -0.185. The molecule has 0 bridgehead atoms. The molecule has 2 aliphatic rings. The Morgan fingerprint density at radius 1 is 1.45 bits per heavy atom. The van der Waals surface area contributed by atoms with Crippen LogP contribution in [0.5, 0.6) is 0 Å². The van der Waals surface area contributed by atoms with Crippen molar-refractivity contribution in [1.82, 2.24) is 0 Å². The van der Waals surface area contributed by atoms with E-state index in [2.05, 4.69) is 19.1 Å². The fourth-order valence-electron chi connectivity index (χ4n) is 1.57. The van der Waals surface area contributed by atoms with E-state index in [9.17, 15) is 0 Å². The van der Waals surface area contributed by atoms with Gasteiger partial charge in [0.05, 0.1) is 13.2 Å². The van der Waals surface area contributed by atoms with E-state index in [0.29, 0.717) is 5.92 Å². The molecule has 0 aromatic heterocycles. The van der Waals surface area contributed by atoms with Gasteiger partial charge in [0.2, 0.25) is 0 Å². The minimum atomic E-state index is -0.327. The Balaban J connectivity index is 2.09. The van der Waals surface area contributed by atoms with Crippen molar-refractivity contribution in [2.24, 2.45) is 5.92 Å². The highest BCUT2D eigenvalue weighted by atomic mass is 16.7. The van der Waals surface area contributed by atoms with Crippen LogP contribution in [-0.4, -0.2) is 19.0 Å². The van der Waals surface area contributed by atoms with E-state index < -0.39 is 0 Å². The van der Waals surface area contributed by atoms with E-state index in [-0.39, 0.29) is 5.79 Å². The summed E-state index contributed by atoms with van der Waals surface area (Å²) in [5, 5.41) is 0. The largest absolute Gasteiger partial charge is 0.346 e. The summed E-state index contributed by atoms with van der Waals surface area (Å²) in [4.78, 5) is 0. The second kappa shape index (κ2) is 2.61. The average Bonchev–Trinajstić information content (AvgIpc) is 2.45. The highest BCUT2D eigenvalue weighted by Gasteiger charge is 2.35. The van der Waals surface area contributed by atoms with Gasteiger partial charge in [-0.05, 0) is 18.4 Å². The second-order valence-electron chi connectivity index (χ2n) is 3.41. The molecule has 11 heavy (non-hydrogen) atoms. The lowest BCUT2D eigenvalue weighted by Crippen LogP contribution is -2.33. The van der Waals surface area contributed by atoms with Crippen LogP contribution in [0, 0.1) is 5.92 Å². The van der Waals surface area contributed by atoms with Gasteiger partial charge >= 0.3 is 0 Å². The molecule has 2 nitrogen and oxygen atoms in total. The second-order valence-corrected chi connectivity index (χ2v) is 3.41. The van der Waals surface area contributed by atoms with Crippen LogP contribution in [-0.2, 0) is 9.47 Å². The van der Waals surface area contributed by atoms with Gasteiger partial charge in [0.25, 0.3) is 0 Å². The number of ether oxygens (including phenoxy) is 2. The molecule has 0 aromatic carbocycles. The molecular formula is C9H14O2. The number of hydrogen-bond acceptors (Lipinski definition) is 2. The quantitative estimate of drug-likeness (QED) is 0.494. The molecule has 0 aliphatic carbocycles. The van der Waals surface area contributed by atoms with E-state index in [1.807, 2.05) is 0 Å². The first-order chi connectivity index (χ1) is 5.31. The smallest absolute Gasteiger partial charge is 0.187 e. The van der Waals surface area contributed by atoms with Crippen LogP contribution in [0.25, 0.3) is 0 Å². The van der Waals surface area contributed by atoms with Gasteiger partial charge in [0.1, 0.15) is 0 Å². The zero-order valence-electron chi connectivity index (χ0n) is 6.88. The topological polar surface area (TPSA) is 18.5 Å². The molecule has 1 saturated heterocycles. The third-order valence-electron chi connectivity index (χ3n) is 2.29. The SMILES string of the molecule is C[C@H]1C=C[C@@]2(CCCO2)OC1. The number of hydrogen-bond donors (Lipinski definition) is 0. The van der Waals surface area contributed by atoms with Gasteiger partial charge in [0.15, 0.2) is 5.79 Å². The van der Waals surface area contributed by atoms with E-state index in [4.69, 9.17) is 9.47 Å². The molecule has 0 aromatic rings. The Morgan fingerprint density at radius 2 is 2.36 bits per heavy atom. The summed E-state index contributed by atoms with van der Waals surface area (Å²) in [6, 6.07) is 0. The normalized spacial score (nSPS) is 43.5. The van der Waals surface area contributed by atoms with Gasteiger partial charge in [0, 0.05) is 6.42 Å². The predicted octanol–water partition coefficient (Wildman–Crippen LogP) is 1.72. The predicted molar refractivity (Wildman–Crippen MR) is 42.2 cm³/mol. The Hall–Kier alpha value is -0.340. The van der Waals surface area contributed by atoms with Crippen molar-refractivity contribution in [1.29, 1.82) is 0 Å². The molecule has 0 amide bonds. The third kappa shape index (κ3) is 1.33. The molecule has 0 radical (unpaired) electrons. The van der Waals surface area contributed by atoms with Gasteiger partial charge in [-0.1, -0.05) is 13.0 Å². The first kappa shape index (κ1) is 7.32. The van der Waals surface area contributed by atoms with Crippen molar-refractivity contribution in [3.05, 3.63) is 12.2 Å². The van der Waals surface area contributed by atoms with Crippen LogP contribution in [0.2, 0.25) is 0 Å². The summed E-state index contributed by atoms with van der Waals surface area (Å²) in [6.07, 6.45) is 6.41. The monoisotopic (exact) mass is 154 g/mol. The fraction of sp³-hybridized carbons (Fsp3) is 0.778. The van der Waals surface area contributed by atoms with E-state index in [1.54, 1.807) is 0 Å². The van der Waals surface area contributed by atoms with Gasteiger partial charge in [-0.15, -0.1) is 0 Å². The molecule has 1 spiro atoms. The molecule has 0 N–H and O–H groups in total. The Morgan fingerprint density at radius 3 is 2.91 bits per heavy atom. The summed E-state index contributed by atoms with van der Waals surface area (Å²) in [5.74, 6) is 0.219. The lowest BCUT2D eigenvalue weighted by atomic mass is 10.1. The third-order valence-corrected chi connectivity index (χ3v) is 2.29. The first-order valence-corrected chi connectivity index (χ1v) is 4.28. The van der Waals surface area contributed by atoms with Crippen molar-refractivity contribution < 1.29 is 9.47 Å². The van der Waals surface area contributed by atoms with Crippen LogP contribution in [0.3, 0.4) is 0 Å². The Bertz CT molecular complexity index is 168. The van der Waals surface area contributed by atoms with E-state index >= 15 is 0 Å².